The van der Waals surface area contributed by atoms with Crippen LogP contribution in [0.1, 0.15) is 19.4 Å². The number of nitrogens with zero attached hydrogens (tertiary/aromatic N) is 1. The molecule has 0 radical (unpaired) electrons. The SMILES string of the molecule is CC(=O)C(C)(C#N)Cc1ccc(OC(F)(F)F)cc1. The normalized spacial score (nSPS) is 14.3. The third kappa shape index (κ3) is 4.28. The maximum absolute atomic E-state index is 12.0. The molecule has 19 heavy (non-hydrogen) atoms. The summed E-state index contributed by atoms with van der Waals surface area (Å²) >= 11 is 0. The number of hydrogen-bond donors (Lipinski definition) is 0. The maximum Gasteiger partial charge on any atom is 0.573 e. The highest BCUT2D eigenvalue weighted by Gasteiger charge is 2.32. The highest BCUT2D eigenvalue weighted by molar-refractivity contribution is 5.85. The minimum absolute atomic E-state index is 0.144. The Morgan fingerprint density at radius 2 is 1.84 bits per heavy atom. The number of benzene rings is 1. The third-order valence-corrected chi connectivity index (χ3v) is 2.74. The quantitative estimate of drug-likeness (QED) is 0.844. The Labute approximate surface area is 108 Å². The lowest BCUT2D eigenvalue weighted by atomic mass is 9.82. The second kappa shape index (κ2) is 5.31. The molecule has 0 aliphatic heterocycles. The maximum atomic E-state index is 12.0. The molecule has 1 rings (SSSR count). The van der Waals surface area contributed by atoms with Crippen molar-refractivity contribution in [2.75, 3.05) is 0 Å². The molecule has 0 fully saturated rings. The molecule has 3 nitrogen and oxygen atoms in total. The first kappa shape index (κ1) is 15.0. The first-order chi connectivity index (χ1) is 8.66. The van der Waals surface area contributed by atoms with Crippen molar-refractivity contribution in [2.24, 2.45) is 5.41 Å². The van der Waals surface area contributed by atoms with Crippen molar-refractivity contribution in [2.45, 2.75) is 26.6 Å². The minimum atomic E-state index is -4.73. The number of carbonyl (C=O) groups is 1. The molecule has 1 aromatic carbocycles. The molecule has 0 amide bonds. The van der Waals surface area contributed by atoms with Gasteiger partial charge in [-0.3, -0.25) is 4.79 Å². The number of ether oxygens (including phenoxy) is 1. The van der Waals surface area contributed by atoms with E-state index in [2.05, 4.69) is 4.74 Å². The number of nitriles is 1. The first-order valence-corrected chi connectivity index (χ1v) is 5.43. The van der Waals surface area contributed by atoms with Gasteiger partial charge in [-0.05, 0) is 38.0 Å². The monoisotopic (exact) mass is 271 g/mol. The van der Waals surface area contributed by atoms with Gasteiger partial charge in [0.2, 0.25) is 0 Å². The molecule has 0 aliphatic carbocycles. The first-order valence-electron chi connectivity index (χ1n) is 5.43. The predicted molar refractivity (Wildman–Crippen MR) is 61.2 cm³/mol. The summed E-state index contributed by atoms with van der Waals surface area (Å²) in [5.41, 5.74) is -0.583. The summed E-state index contributed by atoms with van der Waals surface area (Å²) in [4.78, 5) is 11.4. The van der Waals surface area contributed by atoms with Crippen LogP contribution in [-0.4, -0.2) is 12.1 Å². The van der Waals surface area contributed by atoms with Gasteiger partial charge in [-0.15, -0.1) is 13.2 Å². The van der Waals surface area contributed by atoms with Crippen molar-refractivity contribution in [1.29, 1.82) is 5.26 Å². The van der Waals surface area contributed by atoms with Gasteiger partial charge in [-0.1, -0.05) is 12.1 Å². The fourth-order valence-corrected chi connectivity index (χ4v) is 1.46. The molecular formula is C13H12F3NO2. The number of ketones is 1. The standard InChI is InChI=1S/C13H12F3NO2/c1-9(18)12(2,8-17)7-10-3-5-11(6-4-10)19-13(14,15)16/h3-6H,7H2,1-2H3. The van der Waals surface area contributed by atoms with Crippen LogP contribution in [-0.2, 0) is 11.2 Å². The van der Waals surface area contributed by atoms with Crippen LogP contribution in [0.25, 0.3) is 0 Å². The molecule has 0 aromatic heterocycles. The van der Waals surface area contributed by atoms with E-state index in [-0.39, 0.29) is 18.0 Å². The zero-order valence-corrected chi connectivity index (χ0v) is 10.4. The third-order valence-electron chi connectivity index (χ3n) is 2.74. The molecule has 1 atom stereocenters. The molecule has 102 valence electrons. The van der Waals surface area contributed by atoms with Gasteiger partial charge in [-0.2, -0.15) is 5.26 Å². The summed E-state index contributed by atoms with van der Waals surface area (Å²) in [6, 6.07) is 7.03. The molecule has 0 spiro atoms. The summed E-state index contributed by atoms with van der Waals surface area (Å²) in [5, 5.41) is 8.98. The van der Waals surface area contributed by atoms with Crippen molar-refractivity contribution < 1.29 is 22.7 Å². The average molecular weight is 271 g/mol. The Kier molecular flexibility index (Phi) is 4.20. The van der Waals surface area contributed by atoms with Crippen LogP contribution in [0.15, 0.2) is 24.3 Å². The van der Waals surface area contributed by atoms with Gasteiger partial charge in [0.15, 0.2) is 0 Å². The molecular weight excluding hydrogens is 259 g/mol. The summed E-state index contributed by atoms with van der Waals surface area (Å²) in [7, 11) is 0. The lowest BCUT2D eigenvalue weighted by molar-refractivity contribution is -0.274. The highest BCUT2D eigenvalue weighted by Crippen LogP contribution is 2.26. The van der Waals surface area contributed by atoms with Crippen molar-refractivity contribution in [3.8, 4) is 11.8 Å². The van der Waals surface area contributed by atoms with Gasteiger partial charge in [-0.25, -0.2) is 0 Å². The Bertz CT molecular complexity index is 502. The minimum Gasteiger partial charge on any atom is -0.406 e. The molecule has 0 heterocycles. The molecule has 0 N–H and O–H groups in total. The summed E-state index contributed by atoms with van der Waals surface area (Å²) in [5.74, 6) is -0.622. The largest absolute Gasteiger partial charge is 0.573 e. The Hall–Kier alpha value is -2.03. The molecule has 0 saturated heterocycles. The number of rotatable bonds is 4. The van der Waals surface area contributed by atoms with E-state index in [4.69, 9.17) is 5.26 Å². The van der Waals surface area contributed by atoms with Gasteiger partial charge in [0, 0.05) is 0 Å². The number of alkyl halides is 3. The molecule has 1 unspecified atom stereocenters. The van der Waals surface area contributed by atoms with Crippen LogP contribution >= 0.6 is 0 Å². The fourth-order valence-electron chi connectivity index (χ4n) is 1.46. The van der Waals surface area contributed by atoms with Crippen molar-refractivity contribution in [1.82, 2.24) is 0 Å². The highest BCUT2D eigenvalue weighted by atomic mass is 19.4. The summed E-state index contributed by atoms with van der Waals surface area (Å²) < 4.78 is 39.6. The van der Waals surface area contributed by atoms with Gasteiger partial charge < -0.3 is 4.74 Å². The van der Waals surface area contributed by atoms with E-state index >= 15 is 0 Å². The Morgan fingerprint density at radius 3 is 2.21 bits per heavy atom. The lowest BCUT2D eigenvalue weighted by Gasteiger charge is -2.18. The molecule has 0 bridgehead atoms. The van der Waals surface area contributed by atoms with E-state index < -0.39 is 11.8 Å². The number of halogens is 3. The smallest absolute Gasteiger partial charge is 0.406 e. The lowest BCUT2D eigenvalue weighted by Crippen LogP contribution is -2.26. The van der Waals surface area contributed by atoms with Crippen LogP contribution < -0.4 is 4.74 Å². The Morgan fingerprint density at radius 1 is 1.32 bits per heavy atom. The van der Waals surface area contributed by atoms with E-state index in [1.165, 1.54) is 26.0 Å². The molecule has 1 aromatic rings. The Balaban J connectivity index is 2.84. The fraction of sp³-hybridized carbons (Fsp3) is 0.385. The number of hydrogen-bond acceptors (Lipinski definition) is 3. The van der Waals surface area contributed by atoms with Gasteiger partial charge in [0.05, 0.1) is 6.07 Å². The zero-order valence-electron chi connectivity index (χ0n) is 10.4. The second-order valence-electron chi connectivity index (χ2n) is 4.37. The van der Waals surface area contributed by atoms with Crippen molar-refractivity contribution in [3.63, 3.8) is 0 Å². The van der Waals surface area contributed by atoms with Crippen LogP contribution in [0.4, 0.5) is 13.2 Å². The average Bonchev–Trinajstić information content (AvgIpc) is 2.29. The zero-order chi connectivity index (χ0) is 14.7. The van der Waals surface area contributed by atoms with Gasteiger partial charge in [0.1, 0.15) is 16.9 Å². The number of Topliss-reactive ketones (excluding diaryl/α,β-unsaturated/α-hetero) is 1. The van der Waals surface area contributed by atoms with Crippen molar-refractivity contribution in [3.05, 3.63) is 29.8 Å². The van der Waals surface area contributed by atoms with Gasteiger partial charge >= 0.3 is 6.36 Å². The molecule has 6 heteroatoms. The molecule has 0 aliphatic rings. The van der Waals surface area contributed by atoms with Crippen LogP contribution in [0.5, 0.6) is 5.75 Å². The number of carbonyl (C=O) groups excluding carboxylic acids is 1. The van der Waals surface area contributed by atoms with E-state index in [1.54, 1.807) is 0 Å². The topological polar surface area (TPSA) is 50.1 Å². The van der Waals surface area contributed by atoms with Crippen LogP contribution in [0, 0.1) is 16.7 Å². The van der Waals surface area contributed by atoms with Gasteiger partial charge in [0.25, 0.3) is 0 Å². The summed E-state index contributed by atoms with van der Waals surface area (Å²) in [6.45, 7) is 2.81. The van der Waals surface area contributed by atoms with E-state index in [1.807, 2.05) is 6.07 Å². The van der Waals surface area contributed by atoms with E-state index in [0.29, 0.717) is 5.56 Å². The second-order valence-corrected chi connectivity index (χ2v) is 4.37. The molecule has 0 saturated carbocycles. The van der Waals surface area contributed by atoms with E-state index in [9.17, 15) is 18.0 Å². The summed E-state index contributed by atoms with van der Waals surface area (Å²) in [6.07, 6.45) is -4.59. The van der Waals surface area contributed by atoms with Crippen LogP contribution in [0.2, 0.25) is 0 Å². The van der Waals surface area contributed by atoms with E-state index in [0.717, 1.165) is 12.1 Å². The van der Waals surface area contributed by atoms with Crippen molar-refractivity contribution >= 4 is 5.78 Å². The predicted octanol–water partition coefficient (Wildman–Crippen LogP) is 3.25. The van der Waals surface area contributed by atoms with Crippen LogP contribution in [0.3, 0.4) is 0 Å².